The lowest BCUT2D eigenvalue weighted by Crippen LogP contribution is -2.13. The molecule has 3 aromatic carbocycles. The van der Waals surface area contributed by atoms with E-state index in [0.29, 0.717) is 17.2 Å². The van der Waals surface area contributed by atoms with E-state index in [1.54, 1.807) is 61.7 Å². The molecule has 0 spiro atoms. The first-order chi connectivity index (χ1) is 14.6. The van der Waals surface area contributed by atoms with Crippen LogP contribution in [0.1, 0.15) is 0 Å². The van der Waals surface area contributed by atoms with Crippen LogP contribution in [-0.4, -0.2) is 13.3 Å². The molecular weight excluding hydrogens is 388 g/mol. The molecule has 4 rings (SSSR count). The Bertz CT molecular complexity index is 1230. The summed E-state index contributed by atoms with van der Waals surface area (Å²) >= 11 is 0. The number of para-hydroxylation sites is 1. The van der Waals surface area contributed by atoms with E-state index in [1.165, 1.54) is 24.5 Å². The Labute approximate surface area is 171 Å². The van der Waals surface area contributed by atoms with Gasteiger partial charge in [0.15, 0.2) is 0 Å². The molecule has 0 atom stereocenters. The first-order valence-corrected chi connectivity index (χ1v) is 8.94. The van der Waals surface area contributed by atoms with Gasteiger partial charge in [0.25, 0.3) is 0 Å². The summed E-state index contributed by atoms with van der Waals surface area (Å²) in [4.78, 5) is 24.6. The number of carbonyl (C=O) groups is 1. The zero-order valence-electron chi connectivity index (χ0n) is 15.9. The van der Waals surface area contributed by atoms with Crippen LogP contribution in [-0.2, 0) is 0 Å². The van der Waals surface area contributed by atoms with E-state index in [9.17, 15) is 9.59 Å². The molecule has 150 valence electrons. The number of hydrogen-bond acceptors (Lipinski definition) is 7. The van der Waals surface area contributed by atoms with E-state index < -0.39 is 6.16 Å². The van der Waals surface area contributed by atoms with Crippen molar-refractivity contribution in [3.8, 4) is 28.7 Å². The number of rotatable bonds is 5. The normalized spacial score (nSPS) is 10.4. The molecule has 1 heterocycles. The molecule has 0 saturated carbocycles. The highest BCUT2D eigenvalue weighted by Gasteiger charge is 2.13. The first-order valence-electron chi connectivity index (χ1n) is 8.94. The fraction of sp³-hybridized carbons (Fsp3) is 0.0435. The third-order valence-corrected chi connectivity index (χ3v) is 4.15. The minimum atomic E-state index is -0.901. The summed E-state index contributed by atoms with van der Waals surface area (Å²) in [5.41, 5.74) is -0.113. The Morgan fingerprint density at radius 2 is 1.47 bits per heavy atom. The second kappa shape index (κ2) is 8.40. The Kier molecular flexibility index (Phi) is 5.34. The molecule has 0 fully saturated rings. The fourth-order valence-corrected chi connectivity index (χ4v) is 2.70. The highest BCUT2D eigenvalue weighted by molar-refractivity contribution is 5.80. The average Bonchev–Trinajstić information content (AvgIpc) is 2.77. The molecule has 0 aliphatic rings. The Morgan fingerprint density at radius 1 is 0.800 bits per heavy atom. The van der Waals surface area contributed by atoms with Gasteiger partial charge < -0.3 is 23.4 Å². The van der Waals surface area contributed by atoms with Crippen LogP contribution in [0.5, 0.6) is 28.7 Å². The van der Waals surface area contributed by atoms with E-state index in [4.69, 9.17) is 23.4 Å². The van der Waals surface area contributed by atoms with Gasteiger partial charge in [-0.25, -0.2) is 4.79 Å². The first kappa shape index (κ1) is 19.1. The van der Waals surface area contributed by atoms with Crippen molar-refractivity contribution in [2.75, 3.05) is 7.11 Å². The van der Waals surface area contributed by atoms with Crippen molar-refractivity contribution in [2.45, 2.75) is 0 Å². The summed E-state index contributed by atoms with van der Waals surface area (Å²) in [7, 11) is 1.56. The van der Waals surface area contributed by atoms with Crippen molar-refractivity contribution < 1.29 is 28.2 Å². The maximum Gasteiger partial charge on any atom is 0.519 e. The van der Waals surface area contributed by atoms with Crippen LogP contribution in [0.3, 0.4) is 0 Å². The van der Waals surface area contributed by atoms with Crippen LogP contribution in [0.2, 0.25) is 0 Å². The Balaban J connectivity index is 1.51. The Hall–Kier alpha value is -4.26. The van der Waals surface area contributed by atoms with Crippen molar-refractivity contribution in [1.82, 2.24) is 0 Å². The van der Waals surface area contributed by atoms with Crippen molar-refractivity contribution >= 4 is 17.1 Å². The molecule has 0 aliphatic heterocycles. The summed E-state index contributed by atoms with van der Waals surface area (Å²) in [6, 6.07) is 19.7. The summed E-state index contributed by atoms with van der Waals surface area (Å²) in [6.45, 7) is 0. The SMILES string of the molecule is COc1ccc(Oc2coc3cc(OC(=O)Oc4ccccc4)ccc3c2=O)cc1. The van der Waals surface area contributed by atoms with Gasteiger partial charge in [-0.15, -0.1) is 0 Å². The predicted octanol–water partition coefficient (Wildman–Crippen LogP) is 5.17. The zero-order valence-corrected chi connectivity index (χ0v) is 15.9. The lowest BCUT2D eigenvalue weighted by Gasteiger charge is -2.08. The molecule has 7 heteroatoms. The number of ether oxygens (including phenoxy) is 4. The van der Waals surface area contributed by atoms with Crippen molar-refractivity contribution in [3.05, 3.63) is 89.3 Å². The highest BCUT2D eigenvalue weighted by atomic mass is 16.7. The molecule has 1 aromatic heterocycles. The van der Waals surface area contributed by atoms with Gasteiger partial charge in [0.2, 0.25) is 11.2 Å². The van der Waals surface area contributed by atoms with Crippen LogP contribution < -0.4 is 24.4 Å². The van der Waals surface area contributed by atoms with Gasteiger partial charge in [-0.1, -0.05) is 18.2 Å². The number of hydrogen-bond donors (Lipinski definition) is 0. The van der Waals surface area contributed by atoms with Gasteiger partial charge in [0.05, 0.1) is 12.5 Å². The Morgan fingerprint density at radius 3 is 2.20 bits per heavy atom. The maximum absolute atomic E-state index is 12.7. The number of fused-ring (bicyclic) bond motifs is 1. The maximum atomic E-state index is 12.7. The summed E-state index contributed by atoms with van der Waals surface area (Å²) < 4.78 is 26.4. The van der Waals surface area contributed by atoms with Crippen molar-refractivity contribution in [2.24, 2.45) is 0 Å². The minimum absolute atomic E-state index is 0.0322. The van der Waals surface area contributed by atoms with E-state index >= 15 is 0 Å². The van der Waals surface area contributed by atoms with E-state index in [2.05, 4.69) is 0 Å². The minimum Gasteiger partial charge on any atom is -0.497 e. The molecule has 0 unspecified atom stereocenters. The number of carbonyl (C=O) groups excluding carboxylic acids is 1. The van der Waals surface area contributed by atoms with Gasteiger partial charge >= 0.3 is 6.16 Å². The molecule has 0 aliphatic carbocycles. The number of benzene rings is 3. The highest BCUT2D eigenvalue weighted by Crippen LogP contribution is 2.25. The summed E-state index contributed by atoms with van der Waals surface area (Å²) in [5.74, 6) is 1.70. The van der Waals surface area contributed by atoms with Gasteiger partial charge in [-0.3, -0.25) is 4.79 Å². The molecule has 0 N–H and O–H groups in total. The van der Waals surface area contributed by atoms with E-state index in [-0.39, 0.29) is 27.9 Å². The second-order valence-electron chi connectivity index (χ2n) is 6.13. The van der Waals surface area contributed by atoms with E-state index in [0.717, 1.165) is 0 Å². The average molecular weight is 404 g/mol. The summed E-state index contributed by atoms with van der Waals surface area (Å²) in [6.07, 6.45) is 0.309. The van der Waals surface area contributed by atoms with Gasteiger partial charge in [0, 0.05) is 6.07 Å². The van der Waals surface area contributed by atoms with Crippen LogP contribution in [0.25, 0.3) is 11.0 Å². The predicted molar refractivity (Wildman–Crippen MR) is 109 cm³/mol. The van der Waals surface area contributed by atoms with Gasteiger partial charge in [0.1, 0.15) is 34.8 Å². The van der Waals surface area contributed by atoms with Gasteiger partial charge in [-0.2, -0.15) is 0 Å². The smallest absolute Gasteiger partial charge is 0.497 e. The van der Waals surface area contributed by atoms with Crippen molar-refractivity contribution in [3.63, 3.8) is 0 Å². The summed E-state index contributed by atoms with van der Waals surface area (Å²) in [5, 5.41) is 0.282. The zero-order chi connectivity index (χ0) is 20.9. The third kappa shape index (κ3) is 4.25. The number of methoxy groups -OCH3 is 1. The molecule has 0 saturated heterocycles. The molecular formula is C23H16O7. The largest absolute Gasteiger partial charge is 0.519 e. The van der Waals surface area contributed by atoms with Crippen molar-refractivity contribution in [1.29, 1.82) is 0 Å². The lowest BCUT2D eigenvalue weighted by molar-refractivity contribution is 0.152. The lowest BCUT2D eigenvalue weighted by atomic mass is 10.2. The molecule has 4 aromatic rings. The van der Waals surface area contributed by atoms with Crippen LogP contribution in [0, 0.1) is 0 Å². The van der Waals surface area contributed by atoms with E-state index in [1.807, 2.05) is 0 Å². The molecule has 0 amide bonds. The fourth-order valence-electron chi connectivity index (χ4n) is 2.70. The second-order valence-corrected chi connectivity index (χ2v) is 6.13. The third-order valence-electron chi connectivity index (χ3n) is 4.15. The monoisotopic (exact) mass is 404 g/mol. The van der Waals surface area contributed by atoms with Crippen LogP contribution in [0.15, 0.2) is 88.3 Å². The van der Waals surface area contributed by atoms with Crippen LogP contribution >= 0.6 is 0 Å². The molecule has 30 heavy (non-hydrogen) atoms. The topological polar surface area (TPSA) is 84.2 Å². The molecule has 0 bridgehead atoms. The van der Waals surface area contributed by atoms with Gasteiger partial charge in [-0.05, 0) is 48.5 Å². The quantitative estimate of drug-likeness (QED) is 0.335. The molecule has 0 radical (unpaired) electrons. The van der Waals surface area contributed by atoms with Crippen LogP contribution in [0.4, 0.5) is 4.79 Å². The standard InChI is InChI=1S/C23H16O7/c1-26-15-7-9-17(10-8-15)28-21-14-27-20-13-18(11-12-19(20)22(21)24)30-23(25)29-16-5-3-2-4-6-16/h2-14H,1H3. The molecule has 7 nitrogen and oxygen atoms in total.